The number of anilines is 1. The molecule has 1 aromatic carbocycles. The van der Waals surface area contributed by atoms with Crippen LogP contribution < -0.4 is 10.2 Å². The lowest BCUT2D eigenvalue weighted by Crippen LogP contribution is -2.43. The monoisotopic (exact) mass is 342 g/mol. The zero-order valence-corrected chi connectivity index (χ0v) is 14.1. The summed E-state index contributed by atoms with van der Waals surface area (Å²) in [5.41, 5.74) is 0.532. The number of rotatable bonds is 4. The van der Waals surface area contributed by atoms with Crippen molar-refractivity contribution >= 4 is 11.6 Å². The van der Waals surface area contributed by atoms with Crippen LogP contribution in [0.15, 0.2) is 30.6 Å². The Morgan fingerprint density at radius 2 is 2.24 bits per heavy atom. The normalized spacial score (nSPS) is 19.9. The maximum absolute atomic E-state index is 13.9. The topological polar surface area (TPSA) is 86.8 Å². The zero-order chi connectivity index (χ0) is 18.0. The first-order valence-electron chi connectivity index (χ1n) is 8.11. The Morgan fingerprint density at radius 1 is 1.44 bits per heavy atom. The van der Waals surface area contributed by atoms with E-state index in [0.29, 0.717) is 18.8 Å². The summed E-state index contributed by atoms with van der Waals surface area (Å²) >= 11 is 0. The Hall–Kier alpha value is -2.95. The van der Waals surface area contributed by atoms with Crippen molar-refractivity contribution in [2.24, 2.45) is 5.92 Å². The van der Waals surface area contributed by atoms with Gasteiger partial charge in [0.2, 0.25) is 5.91 Å². The van der Waals surface area contributed by atoms with Crippen LogP contribution in [0.25, 0.3) is 0 Å². The minimum absolute atomic E-state index is 0.00989. The fraction of sp³-hybridized carbons (Fsp3) is 0.412. The van der Waals surface area contributed by atoms with E-state index in [2.05, 4.69) is 15.6 Å². The summed E-state index contributed by atoms with van der Waals surface area (Å²) in [5.74, 6) is -0.752. The van der Waals surface area contributed by atoms with Crippen molar-refractivity contribution in [1.29, 1.82) is 5.26 Å². The third kappa shape index (κ3) is 3.31. The molecule has 1 saturated heterocycles. The molecule has 0 unspecified atom stereocenters. The van der Waals surface area contributed by atoms with Crippen LogP contribution in [-0.4, -0.2) is 40.0 Å². The second-order valence-electron chi connectivity index (χ2n) is 6.37. The quantitative estimate of drug-likeness (QED) is 0.910. The van der Waals surface area contributed by atoms with Crippen molar-refractivity contribution in [2.75, 3.05) is 18.0 Å². The second-order valence-corrected chi connectivity index (χ2v) is 6.37. The molecule has 0 spiro atoms. The number of carbonyl (C=O) groups excluding carboxylic acids is 1. The van der Waals surface area contributed by atoms with Gasteiger partial charge >= 0.3 is 0 Å². The van der Waals surface area contributed by atoms with Crippen LogP contribution in [0, 0.1) is 23.1 Å². The minimum Gasteiger partial charge on any atom is -0.366 e. The van der Waals surface area contributed by atoms with Gasteiger partial charge in [0, 0.05) is 25.2 Å². The van der Waals surface area contributed by atoms with Crippen molar-refractivity contribution in [2.45, 2.75) is 25.9 Å². The number of hydrogen-bond donors (Lipinski definition) is 1. The maximum Gasteiger partial charge on any atom is 0.222 e. The van der Waals surface area contributed by atoms with Gasteiger partial charge in [-0.1, -0.05) is 25.1 Å². The number of nitriles is 1. The molecule has 1 N–H and O–H groups in total. The number of nitrogens with zero attached hydrogens (tertiary/aromatic N) is 5. The number of benzene rings is 1. The fourth-order valence-corrected chi connectivity index (χ4v) is 3.02. The van der Waals surface area contributed by atoms with Crippen LogP contribution in [0.2, 0.25) is 0 Å². The van der Waals surface area contributed by atoms with E-state index in [0.717, 1.165) is 0 Å². The Bertz CT molecular complexity index is 798. The Balaban J connectivity index is 1.91. The summed E-state index contributed by atoms with van der Waals surface area (Å²) < 4.78 is 15.6. The molecule has 2 aromatic rings. The van der Waals surface area contributed by atoms with Crippen molar-refractivity contribution in [1.82, 2.24) is 20.3 Å². The van der Waals surface area contributed by atoms with E-state index in [1.807, 2.05) is 24.8 Å². The van der Waals surface area contributed by atoms with E-state index in [4.69, 9.17) is 0 Å². The average Bonchev–Trinajstić information content (AvgIpc) is 3.23. The first-order valence-corrected chi connectivity index (χ1v) is 8.11. The zero-order valence-electron chi connectivity index (χ0n) is 14.1. The SMILES string of the molecule is CC(C)C(=O)N[C@@H]1CN(c2cccc(F)c2C#N)C[C@@H]1n1ccnn1. The smallest absolute Gasteiger partial charge is 0.222 e. The van der Waals surface area contributed by atoms with Crippen LogP contribution in [0.1, 0.15) is 25.5 Å². The van der Waals surface area contributed by atoms with E-state index in [1.165, 1.54) is 6.07 Å². The van der Waals surface area contributed by atoms with Crippen molar-refractivity contribution in [3.05, 3.63) is 42.0 Å². The van der Waals surface area contributed by atoms with Gasteiger partial charge in [0.15, 0.2) is 0 Å². The van der Waals surface area contributed by atoms with Gasteiger partial charge in [0.1, 0.15) is 17.4 Å². The minimum atomic E-state index is -0.549. The van der Waals surface area contributed by atoms with Gasteiger partial charge in [0.05, 0.1) is 24.0 Å². The molecule has 1 aliphatic rings. The highest BCUT2D eigenvalue weighted by atomic mass is 19.1. The molecule has 1 aliphatic heterocycles. The highest BCUT2D eigenvalue weighted by Gasteiger charge is 2.37. The molecular weight excluding hydrogens is 323 g/mol. The highest BCUT2D eigenvalue weighted by Crippen LogP contribution is 2.30. The highest BCUT2D eigenvalue weighted by molar-refractivity contribution is 5.78. The molecule has 2 atom stereocenters. The number of carbonyl (C=O) groups is 1. The molecule has 1 amide bonds. The molecule has 1 aromatic heterocycles. The summed E-state index contributed by atoms with van der Waals surface area (Å²) in [5, 5.41) is 20.2. The van der Waals surface area contributed by atoms with Gasteiger partial charge in [-0.3, -0.25) is 4.79 Å². The lowest BCUT2D eigenvalue weighted by molar-refractivity contribution is -0.124. The molecule has 2 heterocycles. The van der Waals surface area contributed by atoms with Gasteiger partial charge < -0.3 is 10.2 Å². The number of halogens is 1. The fourth-order valence-electron chi connectivity index (χ4n) is 3.02. The Labute approximate surface area is 145 Å². The molecule has 0 saturated carbocycles. The van der Waals surface area contributed by atoms with Crippen LogP contribution in [0.5, 0.6) is 0 Å². The lowest BCUT2D eigenvalue weighted by atomic mass is 10.1. The van der Waals surface area contributed by atoms with E-state index >= 15 is 0 Å². The summed E-state index contributed by atoms with van der Waals surface area (Å²) in [6.45, 7) is 4.60. The predicted molar refractivity (Wildman–Crippen MR) is 89.2 cm³/mol. The molecule has 0 bridgehead atoms. The Morgan fingerprint density at radius 3 is 2.88 bits per heavy atom. The van der Waals surface area contributed by atoms with Crippen LogP contribution >= 0.6 is 0 Å². The second kappa shape index (κ2) is 6.89. The summed E-state index contributed by atoms with van der Waals surface area (Å²) in [7, 11) is 0. The standard InChI is InChI=1S/C17H19FN6O/c1-11(2)17(25)21-14-9-23(10-16(14)24-7-6-20-22-24)15-5-3-4-13(18)12(15)8-19/h3-7,11,14,16H,9-10H2,1-2H3,(H,21,25)/t14-,16+/m1/s1. The van der Waals surface area contributed by atoms with Crippen LogP contribution in [0.4, 0.5) is 10.1 Å². The number of nitrogens with one attached hydrogen (secondary N) is 1. The lowest BCUT2D eigenvalue weighted by Gasteiger charge is -2.20. The van der Waals surface area contributed by atoms with Crippen LogP contribution in [-0.2, 0) is 4.79 Å². The maximum atomic E-state index is 13.9. The molecule has 8 heteroatoms. The number of hydrogen-bond acceptors (Lipinski definition) is 5. The molecule has 1 fully saturated rings. The van der Waals surface area contributed by atoms with Gasteiger partial charge in [-0.05, 0) is 12.1 Å². The molecule has 25 heavy (non-hydrogen) atoms. The summed E-state index contributed by atoms with van der Waals surface area (Å²) in [6, 6.07) is 6.12. The van der Waals surface area contributed by atoms with Crippen LogP contribution in [0.3, 0.4) is 0 Å². The molecule has 3 rings (SSSR count). The molecule has 7 nitrogen and oxygen atoms in total. The molecule has 0 radical (unpaired) electrons. The van der Waals surface area contributed by atoms with Gasteiger partial charge in [-0.25, -0.2) is 9.07 Å². The predicted octanol–water partition coefficient (Wildman–Crippen LogP) is 1.49. The third-order valence-electron chi connectivity index (χ3n) is 4.37. The first kappa shape index (κ1) is 16.9. The van der Waals surface area contributed by atoms with Gasteiger partial charge in [0.25, 0.3) is 0 Å². The Kier molecular flexibility index (Phi) is 4.65. The average molecular weight is 342 g/mol. The molecular formula is C17H19FN6O. The van der Waals surface area contributed by atoms with Crippen molar-refractivity contribution < 1.29 is 9.18 Å². The van der Waals surface area contributed by atoms with E-state index < -0.39 is 5.82 Å². The van der Waals surface area contributed by atoms with Crippen molar-refractivity contribution in [3.63, 3.8) is 0 Å². The molecule has 130 valence electrons. The summed E-state index contributed by atoms with van der Waals surface area (Å²) in [4.78, 5) is 14.0. The first-order chi connectivity index (χ1) is 12.0. The summed E-state index contributed by atoms with van der Waals surface area (Å²) in [6.07, 6.45) is 3.31. The third-order valence-corrected chi connectivity index (χ3v) is 4.37. The van der Waals surface area contributed by atoms with Crippen molar-refractivity contribution in [3.8, 4) is 6.07 Å². The van der Waals surface area contributed by atoms with Gasteiger partial charge in [-0.15, -0.1) is 5.10 Å². The molecule has 0 aliphatic carbocycles. The van der Waals surface area contributed by atoms with E-state index in [1.54, 1.807) is 29.2 Å². The van der Waals surface area contributed by atoms with Gasteiger partial charge in [-0.2, -0.15) is 5.26 Å². The van der Waals surface area contributed by atoms with E-state index in [-0.39, 0.29) is 29.5 Å². The van der Waals surface area contributed by atoms with E-state index in [9.17, 15) is 14.4 Å². The number of aromatic nitrogens is 3. The number of amides is 1. The largest absolute Gasteiger partial charge is 0.366 e.